The van der Waals surface area contributed by atoms with Gasteiger partial charge in [-0.2, -0.15) is 0 Å². The van der Waals surface area contributed by atoms with Crippen molar-refractivity contribution in [3.05, 3.63) is 77.1 Å². The number of carbonyl (C=O) groups excluding carboxylic acids is 1. The Morgan fingerprint density at radius 2 is 1.93 bits per heavy atom. The van der Waals surface area contributed by atoms with Crippen LogP contribution in [0, 0.1) is 13.8 Å². The van der Waals surface area contributed by atoms with Crippen LogP contribution in [0.1, 0.15) is 20.8 Å². The molecule has 150 valence electrons. The Balaban J connectivity index is 1.50. The first kappa shape index (κ1) is 19.5. The van der Waals surface area contributed by atoms with E-state index in [2.05, 4.69) is 25.6 Å². The topological polar surface area (TPSA) is 100 Å². The number of thiazole rings is 1. The minimum atomic E-state index is -0.283. The summed E-state index contributed by atoms with van der Waals surface area (Å²) < 4.78 is 0. The third-order valence-electron chi connectivity index (χ3n) is 4.55. The number of amides is 1. The van der Waals surface area contributed by atoms with Crippen LogP contribution in [-0.4, -0.2) is 26.0 Å². The number of phenolic OH excluding ortho intramolecular Hbond substituents is 1. The molecule has 0 saturated heterocycles. The van der Waals surface area contributed by atoms with Crippen LogP contribution in [0.3, 0.4) is 0 Å². The maximum atomic E-state index is 12.7. The van der Waals surface area contributed by atoms with Crippen LogP contribution in [0.2, 0.25) is 0 Å². The molecule has 0 bridgehead atoms. The van der Waals surface area contributed by atoms with Gasteiger partial charge in [0.25, 0.3) is 5.91 Å². The third kappa shape index (κ3) is 4.13. The molecule has 0 aliphatic rings. The number of aromatic hydroxyl groups is 1. The summed E-state index contributed by atoms with van der Waals surface area (Å²) in [6.45, 7) is 3.64. The van der Waals surface area contributed by atoms with Crippen molar-refractivity contribution in [2.75, 3.05) is 10.6 Å². The Morgan fingerprint density at radius 1 is 1.07 bits per heavy atom. The highest BCUT2D eigenvalue weighted by Crippen LogP contribution is 2.29. The number of aryl methyl sites for hydroxylation is 1. The van der Waals surface area contributed by atoms with E-state index in [0.717, 1.165) is 16.8 Å². The van der Waals surface area contributed by atoms with Crippen LogP contribution in [0.15, 0.2) is 61.1 Å². The van der Waals surface area contributed by atoms with Crippen molar-refractivity contribution in [2.24, 2.45) is 0 Å². The molecule has 30 heavy (non-hydrogen) atoms. The number of anilines is 3. The first-order valence-corrected chi connectivity index (χ1v) is 10.0. The second-order valence-corrected chi connectivity index (χ2v) is 7.69. The molecular formula is C22H19N5O2S. The summed E-state index contributed by atoms with van der Waals surface area (Å²) in [6, 6.07) is 12.8. The van der Waals surface area contributed by atoms with Gasteiger partial charge in [0.05, 0.1) is 17.6 Å². The van der Waals surface area contributed by atoms with Crippen LogP contribution >= 0.6 is 11.3 Å². The lowest BCUT2D eigenvalue weighted by Crippen LogP contribution is -2.12. The Morgan fingerprint density at radius 3 is 2.73 bits per heavy atom. The highest BCUT2D eigenvalue weighted by atomic mass is 32.1. The fourth-order valence-corrected chi connectivity index (χ4v) is 3.65. The summed E-state index contributed by atoms with van der Waals surface area (Å²) in [5.41, 5.74) is 3.81. The van der Waals surface area contributed by atoms with E-state index in [4.69, 9.17) is 0 Å². The summed E-state index contributed by atoms with van der Waals surface area (Å²) in [5.74, 6) is 0.480. The fraction of sp³-hybridized carbons (Fsp3) is 0.0909. The van der Waals surface area contributed by atoms with Crippen molar-refractivity contribution in [1.82, 2.24) is 15.0 Å². The first-order chi connectivity index (χ1) is 14.5. The molecule has 0 aliphatic carbocycles. The molecule has 0 saturated carbocycles. The van der Waals surface area contributed by atoms with Crippen molar-refractivity contribution in [3.8, 4) is 17.0 Å². The average Bonchev–Trinajstić information content (AvgIpc) is 3.23. The molecule has 4 rings (SSSR count). The number of pyridine rings is 2. The Bertz CT molecular complexity index is 1210. The van der Waals surface area contributed by atoms with Gasteiger partial charge in [0.2, 0.25) is 0 Å². The van der Waals surface area contributed by atoms with Crippen molar-refractivity contribution < 1.29 is 9.90 Å². The van der Waals surface area contributed by atoms with Gasteiger partial charge in [0, 0.05) is 23.5 Å². The van der Waals surface area contributed by atoms with Gasteiger partial charge >= 0.3 is 0 Å². The van der Waals surface area contributed by atoms with Crippen LogP contribution in [0.5, 0.6) is 5.75 Å². The van der Waals surface area contributed by atoms with Gasteiger partial charge in [0.15, 0.2) is 5.13 Å². The Kier molecular flexibility index (Phi) is 5.40. The molecule has 0 unspecified atom stereocenters. The van der Waals surface area contributed by atoms with Crippen LogP contribution in [0.25, 0.3) is 11.3 Å². The third-order valence-corrected chi connectivity index (χ3v) is 5.47. The molecule has 0 radical (unpaired) electrons. The number of hydrogen-bond donors (Lipinski definition) is 3. The predicted octanol–water partition coefficient (Wildman–Crippen LogP) is 4.92. The predicted molar refractivity (Wildman–Crippen MR) is 118 cm³/mol. The van der Waals surface area contributed by atoms with Gasteiger partial charge in [0.1, 0.15) is 16.4 Å². The molecular weight excluding hydrogens is 398 g/mol. The maximum Gasteiger partial charge on any atom is 0.267 e. The van der Waals surface area contributed by atoms with Gasteiger partial charge < -0.3 is 15.7 Å². The summed E-state index contributed by atoms with van der Waals surface area (Å²) >= 11 is 1.22. The largest absolute Gasteiger partial charge is 0.508 e. The molecule has 7 nitrogen and oxygen atoms in total. The van der Waals surface area contributed by atoms with E-state index < -0.39 is 0 Å². The van der Waals surface area contributed by atoms with Crippen LogP contribution < -0.4 is 10.6 Å². The molecule has 8 heteroatoms. The lowest BCUT2D eigenvalue weighted by atomic mass is 10.1. The van der Waals surface area contributed by atoms with Gasteiger partial charge in [-0.25, -0.2) is 9.97 Å². The van der Waals surface area contributed by atoms with Gasteiger partial charge in [-0.05, 0) is 49.7 Å². The quantitative estimate of drug-likeness (QED) is 0.426. The molecule has 0 atom stereocenters. The van der Waals surface area contributed by atoms with Crippen molar-refractivity contribution >= 4 is 33.9 Å². The minimum absolute atomic E-state index is 0.141. The zero-order chi connectivity index (χ0) is 21.1. The Hall–Kier alpha value is -3.78. The normalized spacial score (nSPS) is 10.6. The zero-order valence-electron chi connectivity index (χ0n) is 16.4. The average molecular weight is 417 g/mol. The van der Waals surface area contributed by atoms with E-state index in [1.807, 2.05) is 37.3 Å². The number of benzene rings is 1. The van der Waals surface area contributed by atoms with Crippen molar-refractivity contribution in [2.45, 2.75) is 13.8 Å². The fourth-order valence-electron chi connectivity index (χ4n) is 2.93. The van der Waals surface area contributed by atoms with Crippen molar-refractivity contribution in [3.63, 3.8) is 0 Å². The molecule has 4 aromatic rings. The lowest BCUT2D eigenvalue weighted by Gasteiger charge is -2.11. The first-order valence-electron chi connectivity index (χ1n) is 9.22. The number of phenols is 1. The number of nitrogens with zero attached hydrogens (tertiary/aromatic N) is 3. The van der Waals surface area contributed by atoms with E-state index in [0.29, 0.717) is 27.1 Å². The number of aromatic nitrogens is 3. The number of rotatable bonds is 5. The Labute approximate surface area is 177 Å². The van der Waals surface area contributed by atoms with Gasteiger partial charge in [-0.15, -0.1) is 0 Å². The summed E-state index contributed by atoms with van der Waals surface area (Å²) in [7, 11) is 0. The molecule has 0 fully saturated rings. The second-order valence-electron chi connectivity index (χ2n) is 6.66. The molecule has 0 aliphatic heterocycles. The molecule has 3 N–H and O–H groups in total. The minimum Gasteiger partial charge on any atom is -0.508 e. The number of hydrogen-bond acceptors (Lipinski definition) is 7. The SMILES string of the molecule is Cc1ccc(O)c(C)c1NC(=O)c1cnc(Nc2cccc(-c3cccnc3)n2)s1. The summed E-state index contributed by atoms with van der Waals surface area (Å²) in [4.78, 5) is 26.1. The lowest BCUT2D eigenvalue weighted by molar-refractivity contribution is 0.103. The summed E-state index contributed by atoms with van der Waals surface area (Å²) in [5, 5.41) is 16.5. The second kappa shape index (κ2) is 8.30. The van der Waals surface area contributed by atoms with Gasteiger partial charge in [-0.1, -0.05) is 23.5 Å². The standard InChI is InChI=1S/C22H19N5O2S/c1-13-8-9-17(28)14(2)20(13)27-21(29)18-12-24-22(30-18)26-19-7-3-6-16(25-19)15-5-4-10-23-11-15/h3-12,28H,1-2H3,(H,27,29)(H,24,25,26). The summed E-state index contributed by atoms with van der Waals surface area (Å²) in [6.07, 6.45) is 4.98. The van der Waals surface area contributed by atoms with E-state index in [-0.39, 0.29) is 11.7 Å². The van der Waals surface area contributed by atoms with E-state index in [1.165, 1.54) is 17.5 Å². The molecule has 0 spiro atoms. The highest BCUT2D eigenvalue weighted by molar-refractivity contribution is 7.17. The van der Waals surface area contributed by atoms with Crippen LogP contribution in [-0.2, 0) is 0 Å². The van der Waals surface area contributed by atoms with E-state index in [9.17, 15) is 9.90 Å². The number of carbonyl (C=O) groups is 1. The maximum absolute atomic E-state index is 12.7. The van der Waals surface area contributed by atoms with Crippen molar-refractivity contribution in [1.29, 1.82) is 0 Å². The zero-order valence-corrected chi connectivity index (χ0v) is 17.2. The monoisotopic (exact) mass is 417 g/mol. The highest BCUT2D eigenvalue weighted by Gasteiger charge is 2.15. The van der Waals surface area contributed by atoms with E-state index in [1.54, 1.807) is 31.5 Å². The molecule has 1 amide bonds. The van der Waals surface area contributed by atoms with Gasteiger partial charge in [-0.3, -0.25) is 9.78 Å². The molecule has 3 aromatic heterocycles. The molecule has 1 aromatic carbocycles. The molecule has 3 heterocycles. The smallest absolute Gasteiger partial charge is 0.267 e. The number of nitrogens with one attached hydrogen (secondary N) is 2. The van der Waals surface area contributed by atoms with Crippen LogP contribution in [0.4, 0.5) is 16.6 Å². The van der Waals surface area contributed by atoms with E-state index >= 15 is 0 Å².